The van der Waals surface area contributed by atoms with E-state index in [4.69, 9.17) is 4.74 Å². The Morgan fingerprint density at radius 2 is 2.06 bits per heavy atom. The number of thioether (sulfide) groups is 1. The smallest absolute Gasteiger partial charge is 0.407 e. The maximum atomic E-state index is 11.4. The van der Waals surface area contributed by atoms with Gasteiger partial charge in [-0.1, -0.05) is 0 Å². The molecule has 0 aromatic carbocycles. The van der Waals surface area contributed by atoms with E-state index in [0.717, 1.165) is 11.8 Å². The van der Waals surface area contributed by atoms with Crippen LogP contribution < -0.4 is 10.6 Å². The summed E-state index contributed by atoms with van der Waals surface area (Å²) in [6.45, 7) is 7.03. The van der Waals surface area contributed by atoms with Crippen LogP contribution in [0, 0.1) is 0 Å². The summed E-state index contributed by atoms with van der Waals surface area (Å²) in [6.07, 6.45) is 5.64. The molecule has 2 N–H and O–H groups in total. The van der Waals surface area contributed by atoms with E-state index in [9.17, 15) is 4.79 Å². The normalized spacial score (nSPS) is 24.0. The van der Waals surface area contributed by atoms with E-state index in [1.807, 2.05) is 32.5 Å². The number of carbonyl (C=O) groups excluding carboxylic acids is 1. The number of carbonyl (C=O) groups is 1. The molecule has 5 heteroatoms. The molecule has 1 rings (SSSR count). The van der Waals surface area contributed by atoms with E-state index in [1.165, 1.54) is 19.3 Å². The van der Waals surface area contributed by atoms with Crippen molar-refractivity contribution in [3.8, 4) is 0 Å². The summed E-state index contributed by atoms with van der Waals surface area (Å²) in [5.74, 6) is 0. The lowest BCUT2D eigenvalue weighted by Crippen LogP contribution is -2.38. The van der Waals surface area contributed by atoms with Crippen molar-refractivity contribution in [1.29, 1.82) is 0 Å². The molecule has 1 amide bonds. The monoisotopic (exact) mass is 274 g/mol. The zero-order valence-electron chi connectivity index (χ0n) is 11.9. The zero-order chi connectivity index (χ0) is 13.6. The second-order valence-electron chi connectivity index (χ2n) is 5.75. The highest BCUT2D eigenvalue weighted by atomic mass is 32.2. The average molecular weight is 274 g/mol. The maximum absolute atomic E-state index is 11.4. The van der Waals surface area contributed by atoms with Crippen molar-refractivity contribution in [3.05, 3.63) is 0 Å². The van der Waals surface area contributed by atoms with E-state index in [1.54, 1.807) is 0 Å². The van der Waals surface area contributed by atoms with E-state index < -0.39 is 5.60 Å². The van der Waals surface area contributed by atoms with Crippen LogP contribution in [-0.4, -0.2) is 42.3 Å². The molecule has 0 spiro atoms. The number of hydrogen-bond acceptors (Lipinski definition) is 4. The fourth-order valence-corrected chi connectivity index (χ4v) is 2.89. The lowest BCUT2D eigenvalue weighted by Gasteiger charge is -2.20. The molecule has 1 aliphatic rings. The molecule has 0 radical (unpaired) electrons. The number of rotatable bonds is 5. The van der Waals surface area contributed by atoms with E-state index in [-0.39, 0.29) is 6.09 Å². The molecule has 2 unspecified atom stereocenters. The van der Waals surface area contributed by atoms with E-state index in [0.29, 0.717) is 12.6 Å². The first-order valence-electron chi connectivity index (χ1n) is 6.64. The summed E-state index contributed by atoms with van der Waals surface area (Å²) < 4.78 is 5.16. The van der Waals surface area contributed by atoms with Gasteiger partial charge >= 0.3 is 6.09 Å². The topological polar surface area (TPSA) is 50.4 Å². The molecular formula is C13H26N2O2S. The molecule has 106 valence electrons. The molecule has 1 fully saturated rings. The van der Waals surface area contributed by atoms with Gasteiger partial charge in [0.15, 0.2) is 0 Å². The Labute approximate surface area is 115 Å². The van der Waals surface area contributed by atoms with Crippen LogP contribution in [-0.2, 0) is 4.74 Å². The molecule has 2 atom stereocenters. The van der Waals surface area contributed by atoms with Crippen molar-refractivity contribution in [2.75, 3.05) is 19.3 Å². The van der Waals surface area contributed by atoms with E-state index >= 15 is 0 Å². The Morgan fingerprint density at radius 1 is 1.33 bits per heavy atom. The lowest BCUT2D eigenvalue weighted by molar-refractivity contribution is 0.0528. The van der Waals surface area contributed by atoms with Gasteiger partial charge in [-0.25, -0.2) is 4.79 Å². The highest BCUT2D eigenvalue weighted by molar-refractivity contribution is 7.99. The molecule has 0 aromatic heterocycles. The fraction of sp³-hybridized carbons (Fsp3) is 0.923. The third kappa shape index (κ3) is 6.50. The van der Waals surface area contributed by atoms with Crippen LogP contribution in [0.3, 0.4) is 0 Å². The van der Waals surface area contributed by atoms with Crippen molar-refractivity contribution in [1.82, 2.24) is 10.6 Å². The number of ether oxygens (including phenoxy) is 1. The van der Waals surface area contributed by atoms with Crippen molar-refractivity contribution >= 4 is 17.9 Å². The quantitative estimate of drug-likeness (QED) is 0.756. The third-order valence-corrected chi connectivity index (χ3v) is 4.04. The van der Waals surface area contributed by atoms with Crippen molar-refractivity contribution < 1.29 is 9.53 Å². The van der Waals surface area contributed by atoms with Crippen LogP contribution in [0.1, 0.15) is 40.0 Å². The highest BCUT2D eigenvalue weighted by Gasteiger charge is 2.23. The SMILES string of the molecule is CSC1CCC(NCCNC(=O)OC(C)(C)C)C1. The molecule has 0 aliphatic heterocycles. The minimum atomic E-state index is -0.422. The Kier molecular flexibility index (Phi) is 6.29. The zero-order valence-corrected chi connectivity index (χ0v) is 12.7. The van der Waals surface area contributed by atoms with Gasteiger partial charge in [-0.3, -0.25) is 0 Å². The largest absolute Gasteiger partial charge is 0.444 e. The first-order chi connectivity index (χ1) is 8.40. The Morgan fingerprint density at radius 3 is 2.61 bits per heavy atom. The summed E-state index contributed by atoms with van der Waals surface area (Å²) >= 11 is 1.96. The molecule has 1 aliphatic carbocycles. The highest BCUT2D eigenvalue weighted by Crippen LogP contribution is 2.27. The maximum Gasteiger partial charge on any atom is 0.407 e. The van der Waals surface area contributed by atoms with Crippen molar-refractivity contribution in [2.24, 2.45) is 0 Å². The summed E-state index contributed by atoms with van der Waals surface area (Å²) in [5.41, 5.74) is -0.422. The summed E-state index contributed by atoms with van der Waals surface area (Å²) in [6, 6.07) is 0.614. The summed E-state index contributed by atoms with van der Waals surface area (Å²) in [7, 11) is 0. The third-order valence-electron chi connectivity index (χ3n) is 2.94. The number of hydrogen-bond donors (Lipinski definition) is 2. The number of nitrogens with one attached hydrogen (secondary N) is 2. The first kappa shape index (κ1) is 15.6. The average Bonchev–Trinajstić information content (AvgIpc) is 2.70. The van der Waals surface area contributed by atoms with Gasteiger partial charge in [0, 0.05) is 24.4 Å². The fourth-order valence-electron chi connectivity index (χ4n) is 2.09. The number of amides is 1. The van der Waals surface area contributed by atoms with Gasteiger partial charge in [-0.15, -0.1) is 0 Å². The van der Waals surface area contributed by atoms with Crippen LogP contribution in [0.5, 0.6) is 0 Å². The molecular weight excluding hydrogens is 248 g/mol. The summed E-state index contributed by atoms with van der Waals surface area (Å²) in [4.78, 5) is 11.4. The number of alkyl carbamates (subject to hydrolysis) is 1. The van der Waals surface area contributed by atoms with Crippen molar-refractivity contribution in [3.63, 3.8) is 0 Å². The van der Waals surface area contributed by atoms with E-state index in [2.05, 4.69) is 16.9 Å². The van der Waals surface area contributed by atoms with Crippen LogP contribution in [0.25, 0.3) is 0 Å². The van der Waals surface area contributed by atoms with Gasteiger partial charge in [0.25, 0.3) is 0 Å². The molecule has 4 nitrogen and oxygen atoms in total. The Balaban J connectivity index is 2.04. The molecule has 0 heterocycles. The van der Waals surface area contributed by atoms with Crippen LogP contribution in [0.4, 0.5) is 4.79 Å². The first-order valence-corrected chi connectivity index (χ1v) is 7.92. The summed E-state index contributed by atoms with van der Waals surface area (Å²) in [5, 5.41) is 7.05. The van der Waals surface area contributed by atoms with Crippen LogP contribution in [0.15, 0.2) is 0 Å². The molecule has 0 bridgehead atoms. The van der Waals surface area contributed by atoms with Gasteiger partial charge in [0.05, 0.1) is 0 Å². The van der Waals surface area contributed by atoms with Crippen LogP contribution in [0.2, 0.25) is 0 Å². The molecule has 0 aromatic rings. The molecule has 18 heavy (non-hydrogen) atoms. The van der Waals surface area contributed by atoms with Crippen molar-refractivity contribution in [2.45, 2.75) is 56.9 Å². The second kappa shape index (κ2) is 7.24. The van der Waals surface area contributed by atoms with Gasteiger partial charge in [0.2, 0.25) is 0 Å². The van der Waals surface area contributed by atoms with Gasteiger partial charge in [-0.05, 0) is 46.3 Å². The van der Waals surface area contributed by atoms with Gasteiger partial charge in [-0.2, -0.15) is 11.8 Å². The second-order valence-corrected chi connectivity index (χ2v) is 6.89. The molecule has 1 saturated carbocycles. The lowest BCUT2D eigenvalue weighted by atomic mass is 10.2. The predicted octanol–water partition coefficient (Wildman–Crippen LogP) is 2.38. The predicted molar refractivity (Wildman–Crippen MR) is 77.2 cm³/mol. The Bertz CT molecular complexity index is 266. The van der Waals surface area contributed by atoms with Gasteiger partial charge < -0.3 is 15.4 Å². The minimum Gasteiger partial charge on any atom is -0.444 e. The standard InChI is InChI=1S/C13H26N2O2S/c1-13(2,3)17-12(16)15-8-7-14-10-5-6-11(9-10)18-4/h10-11,14H,5-9H2,1-4H3,(H,15,16). The van der Waals surface area contributed by atoms with Crippen LogP contribution >= 0.6 is 11.8 Å². The Hall–Kier alpha value is -0.420. The minimum absolute atomic E-state index is 0.335. The van der Waals surface area contributed by atoms with Gasteiger partial charge in [0.1, 0.15) is 5.60 Å². The molecule has 0 saturated heterocycles.